The quantitative estimate of drug-likeness (QED) is 0.747. The summed E-state index contributed by atoms with van der Waals surface area (Å²) in [6.07, 6.45) is 1.79. The first-order valence-electron chi connectivity index (χ1n) is 10.9. The third-order valence-corrected chi connectivity index (χ3v) is 6.76. The van der Waals surface area contributed by atoms with Gasteiger partial charge in [0.05, 0.1) is 13.1 Å². The molecule has 8 heteroatoms. The van der Waals surface area contributed by atoms with Crippen LogP contribution in [0, 0.1) is 5.82 Å². The van der Waals surface area contributed by atoms with E-state index in [9.17, 15) is 18.8 Å². The number of carbonyl (C=O) groups is 3. The van der Waals surface area contributed by atoms with E-state index in [1.54, 1.807) is 12.1 Å². The second-order valence-corrected chi connectivity index (χ2v) is 8.73. The Labute approximate surface area is 185 Å². The van der Waals surface area contributed by atoms with Crippen molar-refractivity contribution in [1.82, 2.24) is 15.1 Å². The Morgan fingerprint density at radius 2 is 1.72 bits per heavy atom. The molecule has 7 nitrogen and oxygen atoms in total. The van der Waals surface area contributed by atoms with E-state index >= 15 is 0 Å². The van der Waals surface area contributed by atoms with Crippen LogP contribution in [0.1, 0.15) is 24.0 Å². The van der Waals surface area contributed by atoms with E-state index in [1.165, 1.54) is 22.6 Å². The number of benzene rings is 2. The molecule has 3 aliphatic rings. The van der Waals surface area contributed by atoms with Crippen LogP contribution in [0.15, 0.2) is 48.5 Å². The van der Waals surface area contributed by atoms with Crippen molar-refractivity contribution in [2.24, 2.45) is 0 Å². The summed E-state index contributed by atoms with van der Waals surface area (Å²) >= 11 is 0. The lowest BCUT2D eigenvalue weighted by atomic mass is 9.87. The maximum absolute atomic E-state index is 13.1. The highest BCUT2D eigenvalue weighted by molar-refractivity contribution is 6.07. The number of nitrogens with zero attached hydrogens (tertiary/aromatic N) is 3. The van der Waals surface area contributed by atoms with Gasteiger partial charge in [-0.05, 0) is 48.6 Å². The average molecular weight is 436 g/mol. The van der Waals surface area contributed by atoms with Crippen molar-refractivity contribution in [3.63, 3.8) is 0 Å². The van der Waals surface area contributed by atoms with Crippen LogP contribution in [0.25, 0.3) is 0 Å². The zero-order valence-corrected chi connectivity index (χ0v) is 17.7. The van der Waals surface area contributed by atoms with E-state index in [2.05, 4.69) is 16.3 Å². The number of piperidine rings is 1. The van der Waals surface area contributed by atoms with Crippen LogP contribution < -0.4 is 10.2 Å². The van der Waals surface area contributed by atoms with Gasteiger partial charge in [-0.15, -0.1) is 0 Å². The van der Waals surface area contributed by atoms with Gasteiger partial charge in [-0.3, -0.25) is 19.4 Å². The Kier molecular flexibility index (Phi) is 5.17. The maximum Gasteiger partial charge on any atom is 0.325 e. The number of carbonyl (C=O) groups excluding carboxylic acids is 3. The van der Waals surface area contributed by atoms with Crippen molar-refractivity contribution in [1.29, 1.82) is 0 Å². The zero-order valence-electron chi connectivity index (χ0n) is 17.7. The van der Waals surface area contributed by atoms with Gasteiger partial charge < -0.3 is 10.2 Å². The molecule has 0 radical (unpaired) electrons. The molecule has 0 unspecified atom stereocenters. The molecule has 0 bridgehead atoms. The van der Waals surface area contributed by atoms with E-state index in [0.717, 1.165) is 12.1 Å². The first-order chi connectivity index (χ1) is 15.4. The molecule has 1 spiro atoms. The summed E-state index contributed by atoms with van der Waals surface area (Å²) in [4.78, 5) is 43.6. The zero-order chi connectivity index (χ0) is 22.3. The van der Waals surface area contributed by atoms with Gasteiger partial charge in [0.15, 0.2) is 0 Å². The lowest BCUT2D eigenvalue weighted by Gasteiger charge is -2.37. The van der Waals surface area contributed by atoms with Crippen molar-refractivity contribution in [3.05, 3.63) is 65.5 Å². The summed E-state index contributed by atoms with van der Waals surface area (Å²) in [5.74, 6) is -0.543. The van der Waals surface area contributed by atoms with Gasteiger partial charge in [-0.1, -0.05) is 30.3 Å². The number of imide groups is 1. The fraction of sp³-hybridized carbons (Fsp3) is 0.375. The molecule has 2 saturated heterocycles. The van der Waals surface area contributed by atoms with Crippen molar-refractivity contribution < 1.29 is 18.8 Å². The molecule has 0 saturated carbocycles. The van der Waals surface area contributed by atoms with Gasteiger partial charge in [0.1, 0.15) is 11.4 Å². The van der Waals surface area contributed by atoms with Crippen LogP contribution in [0.3, 0.4) is 0 Å². The standard InChI is InChI=1S/C24H25FN4O3/c25-19-7-5-17(6-8-19)15-29-22(31)24(26-23(29)32)10-13-27(14-11-24)16-21(30)28-12-9-18-3-1-2-4-20(18)28/h1-8H,9-16H2,(H,26,32). The number of fused-ring (bicyclic) bond motifs is 1. The number of rotatable bonds is 4. The molecule has 2 aromatic rings. The molecule has 3 aliphatic heterocycles. The van der Waals surface area contributed by atoms with Gasteiger partial charge in [-0.2, -0.15) is 0 Å². The Bertz CT molecular complexity index is 1060. The third-order valence-electron chi connectivity index (χ3n) is 6.76. The van der Waals surface area contributed by atoms with Crippen LogP contribution >= 0.6 is 0 Å². The molecule has 4 amide bonds. The third kappa shape index (κ3) is 3.64. The Morgan fingerprint density at radius 1 is 1.00 bits per heavy atom. The summed E-state index contributed by atoms with van der Waals surface area (Å²) in [5, 5.41) is 2.88. The largest absolute Gasteiger partial charge is 0.325 e. The number of hydrogen-bond donors (Lipinski definition) is 1. The summed E-state index contributed by atoms with van der Waals surface area (Å²) in [6.45, 7) is 2.22. The molecule has 3 heterocycles. The molecule has 2 aromatic carbocycles. The summed E-state index contributed by atoms with van der Waals surface area (Å²) in [5.41, 5.74) is 1.96. The minimum Gasteiger partial charge on any atom is -0.323 e. The number of likely N-dealkylation sites (tertiary alicyclic amines) is 1. The molecule has 32 heavy (non-hydrogen) atoms. The number of urea groups is 1. The Morgan fingerprint density at radius 3 is 2.47 bits per heavy atom. The van der Waals surface area contributed by atoms with Crippen molar-refractivity contribution in [3.8, 4) is 0 Å². The molecule has 2 fully saturated rings. The topological polar surface area (TPSA) is 73.0 Å². The molecular weight excluding hydrogens is 411 g/mol. The van der Waals surface area contributed by atoms with Crippen molar-refractivity contribution in [2.75, 3.05) is 31.1 Å². The van der Waals surface area contributed by atoms with Gasteiger partial charge in [0.25, 0.3) is 5.91 Å². The number of amides is 4. The molecule has 0 aromatic heterocycles. The van der Waals surface area contributed by atoms with Gasteiger partial charge in [0, 0.05) is 25.3 Å². The molecule has 5 rings (SSSR count). The first-order valence-corrected chi connectivity index (χ1v) is 10.9. The van der Waals surface area contributed by atoms with Gasteiger partial charge in [0.2, 0.25) is 5.91 Å². The van der Waals surface area contributed by atoms with E-state index in [1.807, 2.05) is 23.1 Å². The van der Waals surface area contributed by atoms with Crippen LogP contribution in [0.4, 0.5) is 14.9 Å². The van der Waals surface area contributed by atoms with E-state index < -0.39 is 11.6 Å². The number of halogens is 1. The smallest absolute Gasteiger partial charge is 0.323 e. The van der Waals surface area contributed by atoms with Crippen molar-refractivity contribution >= 4 is 23.5 Å². The second-order valence-electron chi connectivity index (χ2n) is 8.73. The Hall–Kier alpha value is -3.26. The predicted molar refractivity (Wildman–Crippen MR) is 116 cm³/mol. The number of hydrogen-bond acceptors (Lipinski definition) is 4. The van der Waals surface area contributed by atoms with Crippen molar-refractivity contribution in [2.45, 2.75) is 31.3 Å². The predicted octanol–water partition coefficient (Wildman–Crippen LogP) is 2.30. The average Bonchev–Trinajstić information content (AvgIpc) is 3.32. The number of anilines is 1. The monoisotopic (exact) mass is 436 g/mol. The maximum atomic E-state index is 13.1. The fourth-order valence-electron chi connectivity index (χ4n) is 4.90. The van der Waals surface area contributed by atoms with Crippen LogP contribution in [-0.2, 0) is 22.6 Å². The van der Waals surface area contributed by atoms with Crippen LogP contribution in [0.2, 0.25) is 0 Å². The highest BCUT2D eigenvalue weighted by Crippen LogP contribution is 2.31. The van der Waals surface area contributed by atoms with Crippen LogP contribution in [-0.4, -0.2) is 59.4 Å². The molecule has 0 aliphatic carbocycles. The van der Waals surface area contributed by atoms with Gasteiger partial charge >= 0.3 is 6.03 Å². The first kappa shape index (κ1) is 20.6. The molecule has 1 N–H and O–H groups in total. The van der Waals surface area contributed by atoms with E-state index in [-0.39, 0.29) is 24.2 Å². The normalized spacial score (nSPS) is 20.0. The summed E-state index contributed by atoms with van der Waals surface area (Å²) < 4.78 is 13.1. The highest BCUT2D eigenvalue weighted by atomic mass is 19.1. The number of nitrogens with one attached hydrogen (secondary N) is 1. The van der Waals surface area contributed by atoms with Gasteiger partial charge in [-0.25, -0.2) is 9.18 Å². The lowest BCUT2D eigenvalue weighted by Crippen LogP contribution is -2.56. The minimum absolute atomic E-state index is 0.0608. The number of para-hydroxylation sites is 1. The summed E-state index contributed by atoms with van der Waals surface area (Å²) in [7, 11) is 0. The Balaban J connectivity index is 1.20. The van der Waals surface area contributed by atoms with E-state index in [0.29, 0.717) is 44.6 Å². The minimum atomic E-state index is -0.920. The molecular formula is C24H25FN4O3. The van der Waals surface area contributed by atoms with Crippen LogP contribution in [0.5, 0.6) is 0 Å². The van der Waals surface area contributed by atoms with E-state index in [4.69, 9.17) is 0 Å². The molecule has 0 atom stereocenters. The molecule has 166 valence electrons. The lowest BCUT2D eigenvalue weighted by molar-refractivity contribution is -0.133. The SMILES string of the molecule is O=C1NC2(CCN(CC(=O)N3CCc4ccccc43)CC2)C(=O)N1Cc1ccc(F)cc1. The second kappa shape index (κ2) is 8.02. The summed E-state index contributed by atoms with van der Waals surface area (Å²) in [6, 6.07) is 13.3. The fourth-order valence-corrected chi connectivity index (χ4v) is 4.90. The highest BCUT2D eigenvalue weighted by Gasteiger charge is 2.52.